The van der Waals surface area contributed by atoms with Gasteiger partial charge in [0, 0.05) is 10.6 Å². The molecule has 2 aromatic carbocycles. The Morgan fingerprint density at radius 1 is 1.17 bits per heavy atom. The van der Waals surface area contributed by atoms with E-state index in [1.807, 2.05) is 43.3 Å². The number of benzene rings is 2. The second kappa shape index (κ2) is 8.61. The van der Waals surface area contributed by atoms with Gasteiger partial charge >= 0.3 is 0 Å². The van der Waals surface area contributed by atoms with Crippen molar-refractivity contribution in [3.63, 3.8) is 0 Å². The van der Waals surface area contributed by atoms with Crippen LogP contribution in [0.4, 0.5) is 0 Å². The van der Waals surface area contributed by atoms with Crippen molar-refractivity contribution in [2.24, 2.45) is 0 Å². The van der Waals surface area contributed by atoms with Gasteiger partial charge in [0.05, 0.1) is 13.2 Å². The Morgan fingerprint density at radius 2 is 2.00 bits per heavy atom. The molecule has 4 heteroatoms. The molecule has 0 saturated heterocycles. The summed E-state index contributed by atoms with van der Waals surface area (Å²) in [4.78, 5) is 0. The lowest BCUT2D eigenvalue weighted by molar-refractivity contribution is 0.261. The Kier molecular flexibility index (Phi) is 6.51. The first-order chi connectivity index (χ1) is 11.2. The van der Waals surface area contributed by atoms with Crippen LogP contribution in [-0.2, 0) is 19.6 Å². The second-order valence-electron chi connectivity index (χ2n) is 5.08. The number of ether oxygens (including phenoxy) is 2. The van der Waals surface area contributed by atoms with Gasteiger partial charge in [-0.25, -0.2) is 0 Å². The van der Waals surface area contributed by atoms with Gasteiger partial charge in [-0.05, 0) is 48.7 Å². The van der Waals surface area contributed by atoms with Crippen LogP contribution < -0.4 is 9.47 Å². The largest absolute Gasteiger partial charge is 0.490 e. The van der Waals surface area contributed by atoms with E-state index in [4.69, 9.17) is 21.1 Å². The first-order valence-corrected chi connectivity index (χ1v) is 7.93. The topological polar surface area (TPSA) is 38.7 Å². The average Bonchev–Trinajstić information content (AvgIpc) is 2.54. The van der Waals surface area contributed by atoms with E-state index in [0.717, 1.165) is 16.7 Å². The maximum Gasteiger partial charge on any atom is 0.165 e. The Labute approximate surface area is 142 Å². The van der Waals surface area contributed by atoms with Crippen LogP contribution in [0.1, 0.15) is 23.6 Å². The number of halogens is 1. The lowest BCUT2D eigenvalue weighted by Crippen LogP contribution is -2.04. The van der Waals surface area contributed by atoms with Crippen molar-refractivity contribution in [2.45, 2.75) is 26.6 Å². The van der Waals surface area contributed by atoms with E-state index in [1.165, 1.54) is 0 Å². The molecule has 23 heavy (non-hydrogen) atoms. The van der Waals surface area contributed by atoms with E-state index in [2.05, 4.69) is 6.58 Å². The maximum atomic E-state index is 9.42. The molecule has 0 bridgehead atoms. The summed E-state index contributed by atoms with van der Waals surface area (Å²) in [5.74, 6) is 1.32. The highest BCUT2D eigenvalue weighted by atomic mass is 35.5. The Balaban J connectivity index is 2.31. The maximum absolute atomic E-state index is 9.42. The minimum absolute atomic E-state index is 0.0429. The zero-order valence-electron chi connectivity index (χ0n) is 13.2. The third-order valence-electron chi connectivity index (χ3n) is 3.31. The van der Waals surface area contributed by atoms with Crippen molar-refractivity contribution < 1.29 is 14.6 Å². The van der Waals surface area contributed by atoms with Crippen molar-refractivity contribution in [2.75, 3.05) is 6.61 Å². The zero-order valence-corrected chi connectivity index (χ0v) is 14.0. The molecule has 0 aliphatic rings. The number of allylic oxidation sites excluding steroid dienone is 1. The summed E-state index contributed by atoms with van der Waals surface area (Å²) in [7, 11) is 0. The third-order valence-corrected chi connectivity index (χ3v) is 3.55. The molecule has 0 radical (unpaired) electrons. The van der Waals surface area contributed by atoms with Crippen molar-refractivity contribution in [3.05, 3.63) is 70.8 Å². The van der Waals surface area contributed by atoms with Crippen LogP contribution in [0, 0.1) is 0 Å². The summed E-state index contributed by atoms with van der Waals surface area (Å²) in [5, 5.41) is 10.1. The van der Waals surface area contributed by atoms with Crippen molar-refractivity contribution in [3.8, 4) is 11.5 Å². The molecule has 1 N–H and O–H groups in total. The Hall–Kier alpha value is -1.97. The fourth-order valence-electron chi connectivity index (χ4n) is 2.33. The molecule has 0 aliphatic carbocycles. The van der Waals surface area contributed by atoms with Crippen molar-refractivity contribution >= 4 is 11.6 Å². The van der Waals surface area contributed by atoms with Gasteiger partial charge in [0.25, 0.3) is 0 Å². The van der Waals surface area contributed by atoms with Crippen LogP contribution in [-0.4, -0.2) is 11.7 Å². The molecule has 3 nitrogen and oxygen atoms in total. The summed E-state index contributed by atoms with van der Waals surface area (Å²) in [6.45, 7) is 6.57. The first kappa shape index (κ1) is 17.4. The van der Waals surface area contributed by atoms with E-state index in [1.54, 1.807) is 6.08 Å². The van der Waals surface area contributed by atoms with E-state index in [9.17, 15) is 5.11 Å². The molecule has 0 aliphatic heterocycles. The van der Waals surface area contributed by atoms with Gasteiger partial charge in [0.1, 0.15) is 6.61 Å². The van der Waals surface area contributed by atoms with Crippen LogP contribution in [0.2, 0.25) is 5.02 Å². The molecular formula is C19H21ClO3. The summed E-state index contributed by atoms with van der Waals surface area (Å²) < 4.78 is 11.7. The minimum Gasteiger partial charge on any atom is -0.490 e. The highest BCUT2D eigenvalue weighted by molar-refractivity contribution is 6.30. The SMILES string of the molecule is C=CCc1cc(CO)cc(OCC)c1OCc1cccc(Cl)c1. The molecule has 0 saturated carbocycles. The fraction of sp³-hybridized carbons (Fsp3) is 0.263. The van der Waals surface area contributed by atoms with E-state index >= 15 is 0 Å². The van der Waals surface area contributed by atoms with Crippen LogP contribution in [0.25, 0.3) is 0 Å². The zero-order chi connectivity index (χ0) is 16.7. The predicted octanol–water partition coefficient (Wildman–Crippen LogP) is 4.54. The van der Waals surface area contributed by atoms with Crippen molar-refractivity contribution in [1.29, 1.82) is 0 Å². The molecule has 0 unspecified atom stereocenters. The molecule has 0 atom stereocenters. The quantitative estimate of drug-likeness (QED) is 0.721. The number of hydrogen-bond acceptors (Lipinski definition) is 3. The van der Waals surface area contributed by atoms with Crippen LogP contribution in [0.3, 0.4) is 0 Å². The lowest BCUT2D eigenvalue weighted by Gasteiger charge is -2.17. The van der Waals surface area contributed by atoms with Crippen LogP contribution >= 0.6 is 11.6 Å². The van der Waals surface area contributed by atoms with Gasteiger partial charge in [-0.15, -0.1) is 6.58 Å². The summed E-state index contributed by atoms with van der Waals surface area (Å²) in [6.07, 6.45) is 2.44. The highest BCUT2D eigenvalue weighted by Crippen LogP contribution is 2.34. The number of aliphatic hydroxyl groups is 1. The highest BCUT2D eigenvalue weighted by Gasteiger charge is 2.13. The number of rotatable bonds is 8. The van der Waals surface area contributed by atoms with Gasteiger partial charge in [-0.2, -0.15) is 0 Å². The Bertz CT molecular complexity index is 668. The third kappa shape index (κ3) is 4.75. The molecule has 2 rings (SSSR count). The van der Waals surface area contributed by atoms with E-state index < -0.39 is 0 Å². The average molecular weight is 333 g/mol. The lowest BCUT2D eigenvalue weighted by atomic mass is 10.1. The molecule has 0 aromatic heterocycles. The molecule has 2 aromatic rings. The monoisotopic (exact) mass is 332 g/mol. The molecule has 0 amide bonds. The first-order valence-electron chi connectivity index (χ1n) is 7.55. The molecule has 0 spiro atoms. The number of aliphatic hydroxyl groups excluding tert-OH is 1. The van der Waals surface area contributed by atoms with Gasteiger partial charge in [-0.1, -0.05) is 29.8 Å². The molecule has 0 heterocycles. The summed E-state index contributed by atoms with van der Waals surface area (Å²) >= 11 is 6.01. The smallest absolute Gasteiger partial charge is 0.165 e. The molecular weight excluding hydrogens is 312 g/mol. The molecule has 122 valence electrons. The predicted molar refractivity (Wildman–Crippen MR) is 93.2 cm³/mol. The van der Waals surface area contributed by atoms with Gasteiger partial charge in [-0.3, -0.25) is 0 Å². The summed E-state index contributed by atoms with van der Waals surface area (Å²) in [5.41, 5.74) is 2.72. The normalized spacial score (nSPS) is 10.4. The Morgan fingerprint density at radius 3 is 2.65 bits per heavy atom. The summed E-state index contributed by atoms with van der Waals surface area (Å²) in [6, 6.07) is 11.3. The molecule has 0 fully saturated rings. The van der Waals surface area contributed by atoms with Crippen LogP contribution in [0.15, 0.2) is 49.1 Å². The fourth-order valence-corrected chi connectivity index (χ4v) is 2.54. The minimum atomic E-state index is -0.0429. The van der Waals surface area contributed by atoms with E-state index in [-0.39, 0.29) is 6.61 Å². The van der Waals surface area contributed by atoms with E-state index in [0.29, 0.717) is 36.2 Å². The number of hydrogen-bond donors (Lipinski definition) is 1. The van der Waals surface area contributed by atoms with Gasteiger partial charge in [0.2, 0.25) is 0 Å². The second-order valence-corrected chi connectivity index (χ2v) is 5.52. The standard InChI is InChI=1S/C19H21ClO3/c1-3-6-16-9-15(12-21)11-18(22-4-2)19(16)23-13-14-7-5-8-17(20)10-14/h3,5,7-11,21H,1,4,6,12-13H2,2H3. The van der Waals surface area contributed by atoms with Crippen molar-refractivity contribution in [1.82, 2.24) is 0 Å². The van der Waals surface area contributed by atoms with Gasteiger partial charge < -0.3 is 14.6 Å². The van der Waals surface area contributed by atoms with Crippen LogP contribution in [0.5, 0.6) is 11.5 Å². The van der Waals surface area contributed by atoms with Gasteiger partial charge in [0.15, 0.2) is 11.5 Å².